The number of sulfonamides is 1. The van der Waals surface area contributed by atoms with Gasteiger partial charge in [0.1, 0.15) is 5.82 Å². The molecule has 0 spiro atoms. The van der Waals surface area contributed by atoms with E-state index >= 15 is 0 Å². The van der Waals surface area contributed by atoms with Crippen LogP contribution in [0, 0.1) is 11.7 Å². The summed E-state index contributed by atoms with van der Waals surface area (Å²) in [6, 6.07) is 3.61. The topological polar surface area (TPSA) is 46.2 Å². The van der Waals surface area contributed by atoms with Crippen molar-refractivity contribution in [2.75, 3.05) is 0 Å². The fraction of sp³-hybridized carbons (Fsp3) is 0.571. The molecular formula is C14H19BrFNO2S. The molecular weight excluding hydrogens is 345 g/mol. The van der Waals surface area contributed by atoms with Crippen molar-refractivity contribution >= 4 is 26.0 Å². The quantitative estimate of drug-likeness (QED) is 0.883. The van der Waals surface area contributed by atoms with Gasteiger partial charge in [0.2, 0.25) is 10.0 Å². The Kier molecular flexibility index (Phi) is 5.20. The summed E-state index contributed by atoms with van der Waals surface area (Å²) >= 11 is 3.11. The number of halogens is 2. The SMILES string of the molecule is CCC1CCCC(NS(=O)(=O)c2ccc(F)cc2Br)C1. The van der Waals surface area contributed by atoms with Gasteiger partial charge in [0.05, 0.1) is 4.90 Å². The number of hydrogen-bond acceptors (Lipinski definition) is 2. The Morgan fingerprint density at radius 2 is 2.15 bits per heavy atom. The first-order valence-corrected chi connectivity index (χ1v) is 9.17. The van der Waals surface area contributed by atoms with Gasteiger partial charge in [0, 0.05) is 10.5 Å². The predicted octanol–water partition coefficient (Wildman–Crippen LogP) is 3.84. The van der Waals surface area contributed by atoms with Crippen LogP contribution in [0.3, 0.4) is 0 Å². The molecule has 0 bridgehead atoms. The summed E-state index contributed by atoms with van der Waals surface area (Å²) in [6.07, 6.45) is 5.06. The third-order valence-corrected chi connectivity index (χ3v) is 6.36. The van der Waals surface area contributed by atoms with Crippen LogP contribution in [0.1, 0.15) is 39.0 Å². The highest BCUT2D eigenvalue weighted by Gasteiger charge is 2.26. The van der Waals surface area contributed by atoms with Crippen LogP contribution in [0.5, 0.6) is 0 Å². The fourth-order valence-electron chi connectivity index (χ4n) is 2.74. The van der Waals surface area contributed by atoms with E-state index in [-0.39, 0.29) is 15.4 Å². The molecule has 1 aromatic carbocycles. The van der Waals surface area contributed by atoms with Crippen LogP contribution < -0.4 is 4.72 Å². The average molecular weight is 364 g/mol. The molecule has 0 saturated heterocycles. The summed E-state index contributed by atoms with van der Waals surface area (Å²) in [6.45, 7) is 2.14. The zero-order valence-corrected chi connectivity index (χ0v) is 13.8. The van der Waals surface area contributed by atoms with Gasteiger partial charge in [-0.25, -0.2) is 17.5 Å². The molecule has 1 aliphatic carbocycles. The minimum Gasteiger partial charge on any atom is -0.208 e. The Bertz CT molecular complexity index is 577. The van der Waals surface area contributed by atoms with Gasteiger partial charge < -0.3 is 0 Å². The molecule has 2 rings (SSSR count). The molecule has 1 aromatic rings. The normalized spacial score (nSPS) is 23.8. The molecule has 0 aromatic heterocycles. The van der Waals surface area contributed by atoms with Crippen LogP contribution in [-0.2, 0) is 10.0 Å². The maximum absolute atomic E-state index is 13.0. The highest BCUT2D eigenvalue weighted by molar-refractivity contribution is 9.10. The minimum absolute atomic E-state index is 0.0179. The van der Waals surface area contributed by atoms with E-state index in [4.69, 9.17) is 0 Å². The van der Waals surface area contributed by atoms with Crippen LogP contribution in [0.25, 0.3) is 0 Å². The molecule has 0 radical (unpaired) electrons. The molecule has 20 heavy (non-hydrogen) atoms. The highest BCUT2D eigenvalue weighted by atomic mass is 79.9. The summed E-state index contributed by atoms with van der Waals surface area (Å²) in [5, 5.41) is 0. The smallest absolute Gasteiger partial charge is 0.208 e. The Balaban J connectivity index is 2.14. The molecule has 1 aliphatic rings. The van der Waals surface area contributed by atoms with Gasteiger partial charge in [0.25, 0.3) is 0 Å². The Morgan fingerprint density at radius 3 is 2.80 bits per heavy atom. The van der Waals surface area contributed by atoms with Gasteiger partial charge in [-0.15, -0.1) is 0 Å². The van der Waals surface area contributed by atoms with Crippen molar-refractivity contribution in [3.8, 4) is 0 Å². The molecule has 1 fully saturated rings. The lowest BCUT2D eigenvalue weighted by Crippen LogP contribution is -2.38. The van der Waals surface area contributed by atoms with Crippen molar-refractivity contribution in [3.05, 3.63) is 28.5 Å². The van der Waals surface area contributed by atoms with Gasteiger partial charge in [-0.2, -0.15) is 0 Å². The van der Waals surface area contributed by atoms with Crippen molar-refractivity contribution < 1.29 is 12.8 Å². The van der Waals surface area contributed by atoms with Crippen LogP contribution >= 0.6 is 15.9 Å². The molecule has 6 heteroatoms. The first-order valence-electron chi connectivity index (χ1n) is 6.89. The monoisotopic (exact) mass is 363 g/mol. The van der Waals surface area contributed by atoms with Crippen LogP contribution in [0.2, 0.25) is 0 Å². The summed E-state index contributed by atoms with van der Waals surface area (Å²) in [5.74, 6) is 0.132. The first-order chi connectivity index (χ1) is 9.42. The molecule has 2 unspecified atom stereocenters. The second-order valence-electron chi connectivity index (χ2n) is 5.33. The van der Waals surface area contributed by atoms with Crippen LogP contribution in [-0.4, -0.2) is 14.5 Å². The largest absolute Gasteiger partial charge is 0.241 e. The summed E-state index contributed by atoms with van der Waals surface area (Å²) in [4.78, 5) is 0.0949. The number of rotatable bonds is 4. The lowest BCUT2D eigenvalue weighted by atomic mass is 9.85. The molecule has 0 heterocycles. The highest BCUT2D eigenvalue weighted by Crippen LogP contribution is 2.29. The van der Waals surface area contributed by atoms with Crippen molar-refractivity contribution in [3.63, 3.8) is 0 Å². The Hall–Kier alpha value is -0.460. The maximum atomic E-state index is 13.0. The van der Waals surface area contributed by atoms with Gasteiger partial charge in [-0.3, -0.25) is 0 Å². The van der Waals surface area contributed by atoms with E-state index in [0.717, 1.165) is 31.7 Å². The maximum Gasteiger partial charge on any atom is 0.241 e. The predicted molar refractivity (Wildman–Crippen MR) is 80.5 cm³/mol. The van der Waals surface area contributed by atoms with Gasteiger partial charge in [0.15, 0.2) is 0 Å². The van der Waals surface area contributed by atoms with E-state index in [1.165, 1.54) is 18.6 Å². The third-order valence-electron chi connectivity index (χ3n) is 3.87. The first kappa shape index (κ1) is 15.9. The summed E-state index contributed by atoms with van der Waals surface area (Å²) in [7, 11) is -3.60. The lowest BCUT2D eigenvalue weighted by molar-refractivity contribution is 0.301. The standard InChI is InChI=1S/C14H19BrFNO2S/c1-2-10-4-3-5-12(8-10)17-20(18,19)14-7-6-11(16)9-13(14)15/h6-7,9-10,12,17H,2-5,8H2,1H3. The zero-order valence-electron chi connectivity index (χ0n) is 11.4. The van der Waals surface area contributed by atoms with Crippen LogP contribution in [0.15, 0.2) is 27.6 Å². The number of nitrogens with one attached hydrogen (secondary N) is 1. The van der Waals surface area contributed by atoms with E-state index in [9.17, 15) is 12.8 Å². The Morgan fingerprint density at radius 1 is 1.40 bits per heavy atom. The second-order valence-corrected chi connectivity index (χ2v) is 7.87. The molecule has 0 aliphatic heterocycles. The van der Waals surface area contributed by atoms with Crippen LogP contribution in [0.4, 0.5) is 4.39 Å². The van der Waals surface area contributed by atoms with Crippen molar-refractivity contribution in [2.24, 2.45) is 5.92 Å². The van der Waals surface area contributed by atoms with Gasteiger partial charge in [-0.05, 0) is 52.9 Å². The molecule has 1 N–H and O–H groups in total. The van der Waals surface area contributed by atoms with E-state index in [2.05, 4.69) is 27.6 Å². The molecule has 3 nitrogen and oxygen atoms in total. The summed E-state index contributed by atoms with van der Waals surface area (Å²) < 4.78 is 40.8. The Labute approximate surface area is 128 Å². The molecule has 112 valence electrons. The summed E-state index contributed by atoms with van der Waals surface area (Å²) in [5.41, 5.74) is 0. The van der Waals surface area contributed by atoms with E-state index in [0.29, 0.717) is 5.92 Å². The minimum atomic E-state index is -3.60. The van der Waals surface area contributed by atoms with E-state index in [1.807, 2.05) is 0 Å². The van der Waals surface area contributed by atoms with E-state index < -0.39 is 15.8 Å². The molecule has 0 amide bonds. The van der Waals surface area contributed by atoms with Gasteiger partial charge in [-0.1, -0.05) is 26.2 Å². The van der Waals surface area contributed by atoms with Crippen molar-refractivity contribution in [2.45, 2.75) is 50.0 Å². The third kappa shape index (κ3) is 3.80. The lowest BCUT2D eigenvalue weighted by Gasteiger charge is -2.29. The fourth-order valence-corrected chi connectivity index (χ4v) is 5.08. The average Bonchev–Trinajstić information content (AvgIpc) is 2.37. The second kappa shape index (κ2) is 6.54. The van der Waals surface area contributed by atoms with Crippen molar-refractivity contribution in [1.82, 2.24) is 4.72 Å². The van der Waals surface area contributed by atoms with E-state index in [1.54, 1.807) is 0 Å². The number of benzene rings is 1. The zero-order chi connectivity index (χ0) is 14.8. The molecule has 1 saturated carbocycles. The molecule has 2 atom stereocenters. The van der Waals surface area contributed by atoms with Gasteiger partial charge >= 0.3 is 0 Å². The number of hydrogen-bond donors (Lipinski definition) is 1. The van der Waals surface area contributed by atoms with Crippen molar-refractivity contribution in [1.29, 1.82) is 0 Å².